The first-order valence-electron chi connectivity index (χ1n) is 8.25. The average Bonchev–Trinajstić information content (AvgIpc) is 2.76. The van der Waals surface area contributed by atoms with Crippen LogP contribution in [-0.2, 0) is 9.59 Å². The minimum atomic E-state index is -0.668. The molecular formula is C17H24F2N4O2. The van der Waals surface area contributed by atoms with Crippen LogP contribution in [0.2, 0.25) is 0 Å². The number of carbonyl (C=O) groups is 2. The van der Waals surface area contributed by atoms with Gasteiger partial charge in [0.25, 0.3) is 0 Å². The Morgan fingerprint density at radius 3 is 2.36 bits per heavy atom. The molecule has 8 heteroatoms. The van der Waals surface area contributed by atoms with Crippen LogP contribution in [-0.4, -0.2) is 79.9 Å². The van der Waals surface area contributed by atoms with Crippen LogP contribution in [0.5, 0.6) is 0 Å². The summed E-state index contributed by atoms with van der Waals surface area (Å²) in [6.07, 6.45) is 0.836. The maximum atomic E-state index is 13.6. The molecule has 6 nitrogen and oxygen atoms in total. The predicted molar refractivity (Wildman–Crippen MR) is 91.2 cm³/mol. The second kappa shape index (κ2) is 8.87. The van der Waals surface area contributed by atoms with E-state index in [-0.39, 0.29) is 24.0 Å². The molecule has 1 saturated heterocycles. The highest BCUT2D eigenvalue weighted by atomic mass is 19.1. The highest BCUT2D eigenvalue weighted by molar-refractivity contribution is 5.92. The third-order valence-corrected chi connectivity index (χ3v) is 4.11. The third-order valence-electron chi connectivity index (χ3n) is 4.11. The van der Waals surface area contributed by atoms with Crippen molar-refractivity contribution in [2.24, 2.45) is 0 Å². The van der Waals surface area contributed by atoms with Crippen molar-refractivity contribution in [2.45, 2.75) is 6.42 Å². The van der Waals surface area contributed by atoms with Gasteiger partial charge in [-0.05, 0) is 31.6 Å². The molecule has 2 amide bonds. The van der Waals surface area contributed by atoms with E-state index in [0.717, 1.165) is 31.2 Å². The van der Waals surface area contributed by atoms with E-state index in [0.29, 0.717) is 26.2 Å². The third kappa shape index (κ3) is 6.06. The van der Waals surface area contributed by atoms with Crippen molar-refractivity contribution in [2.75, 3.05) is 58.7 Å². The van der Waals surface area contributed by atoms with E-state index < -0.39 is 11.6 Å². The van der Waals surface area contributed by atoms with Crippen LogP contribution in [0.15, 0.2) is 18.2 Å². The van der Waals surface area contributed by atoms with Gasteiger partial charge < -0.3 is 10.2 Å². The number of halogens is 2. The van der Waals surface area contributed by atoms with E-state index in [9.17, 15) is 18.4 Å². The highest BCUT2D eigenvalue weighted by Crippen LogP contribution is 2.15. The molecule has 0 unspecified atom stereocenters. The number of nitrogens with one attached hydrogen (secondary N) is 1. The van der Waals surface area contributed by atoms with E-state index >= 15 is 0 Å². The lowest BCUT2D eigenvalue weighted by Gasteiger charge is -2.22. The minimum Gasteiger partial charge on any atom is -0.348 e. The van der Waals surface area contributed by atoms with E-state index in [4.69, 9.17) is 0 Å². The maximum absolute atomic E-state index is 13.6. The second-order valence-electron chi connectivity index (χ2n) is 6.37. The zero-order valence-electron chi connectivity index (χ0n) is 14.6. The highest BCUT2D eigenvalue weighted by Gasteiger charge is 2.19. The monoisotopic (exact) mass is 354 g/mol. The molecule has 0 radical (unpaired) electrons. The quantitative estimate of drug-likeness (QED) is 0.857. The molecule has 0 spiro atoms. The smallest absolute Gasteiger partial charge is 0.238 e. The number of hydrogen-bond donors (Lipinski definition) is 1. The van der Waals surface area contributed by atoms with Gasteiger partial charge in [0.15, 0.2) is 0 Å². The maximum Gasteiger partial charge on any atom is 0.238 e. The summed E-state index contributed by atoms with van der Waals surface area (Å²) in [5, 5.41) is 2.41. The van der Waals surface area contributed by atoms with Crippen molar-refractivity contribution in [3.05, 3.63) is 29.8 Å². The normalized spacial score (nSPS) is 16.3. The average molecular weight is 354 g/mol. The Morgan fingerprint density at radius 1 is 1.08 bits per heavy atom. The van der Waals surface area contributed by atoms with Gasteiger partial charge in [0, 0.05) is 33.3 Å². The van der Waals surface area contributed by atoms with Gasteiger partial charge in [-0.25, -0.2) is 8.78 Å². The molecule has 1 heterocycles. The predicted octanol–water partition coefficient (Wildman–Crippen LogP) is 0.999. The summed E-state index contributed by atoms with van der Waals surface area (Å²) in [6, 6.07) is 2.95. The number of rotatable bonds is 5. The van der Waals surface area contributed by atoms with Crippen LogP contribution in [0.1, 0.15) is 6.42 Å². The number of carbonyl (C=O) groups excluding carboxylic acids is 2. The van der Waals surface area contributed by atoms with Gasteiger partial charge in [0.1, 0.15) is 11.6 Å². The Hall–Kier alpha value is -2.06. The Bertz CT molecular complexity index is 625. The molecule has 1 fully saturated rings. The molecule has 0 aromatic heterocycles. The van der Waals surface area contributed by atoms with E-state index in [1.165, 1.54) is 0 Å². The van der Waals surface area contributed by atoms with Crippen molar-refractivity contribution < 1.29 is 18.4 Å². The van der Waals surface area contributed by atoms with Crippen molar-refractivity contribution in [3.8, 4) is 0 Å². The molecule has 1 aromatic rings. The summed E-state index contributed by atoms with van der Waals surface area (Å²) in [7, 11) is 3.45. The molecule has 2 rings (SSSR count). The Morgan fingerprint density at radius 2 is 1.72 bits per heavy atom. The van der Waals surface area contributed by atoms with E-state index in [2.05, 4.69) is 10.2 Å². The van der Waals surface area contributed by atoms with Crippen LogP contribution in [0.3, 0.4) is 0 Å². The molecule has 1 N–H and O–H groups in total. The SMILES string of the molecule is CN(C)C(=O)CN1CCCN(CC(=O)Nc2cc(F)ccc2F)CC1. The summed E-state index contributed by atoms with van der Waals surface area (Å²) in [5.41, 5.74) is -0.155. The first-order valence-corrected chi connectivity index (χ1v) is 8.25. The van der Waals surface area contributed by atoms with Gasteiger partial charge in [0.2, 0.25) is 11.8 Å². The Kier molecular flexibility index (Phi) is 6.83. The second-order valence-corrected chi connectivity index (χ2v) is 6.37. The lowest BCUT2D eigenvalue weighted by molar-refractivity contribution is -0.129. The molecule has 25 heavy (non-hydrogen) atoms. The fraction of sp³-hybridized carbons (Fsp3) is 0.529. The molecule has 0 saturated carbocycles. The van der Waals surface area contributed by atoms with Crippen LogP contribution in [0.4, 0.5) is 14.5 Å². The van der Waals surface area contributed by atoms with Crippen LogP contribution >= 0.6 is 0 Å². The fourth-order valence-electron chi connectivity index (χ4n) is 2.66. The van der Waals surface area contributed by atoms with Gasteiger partial charge in [-0.15, -0.1) is 0 Å². The molecular weight excluding hydrogens is 330 g/mol. The van der Waals surface area contributed by atoms with Crippen LogP contribution < -0.4 is 5.32 Å². The standard InChI is InChI=1S/C17H24F2N4O2/c1-21(2)17(25)12-23-7-3-6-22(8-9-23)11-16(24)20-15-10-13(18)4-5-14(15)19/h4-5,10H,3,6-9,11-12H2,1-2H3,(H,20,24). The van der Waals surface area contributed by atoms with Gasteiger partial charge in [-0.1, -0.05) is 0 Å². The molecule has 0 aliphatic carbocycles. The summed E-state index contributed by atoms with van der Waals surface area (Å²) in [4.78, 5) is 29.4. The fourth-order valence-corrected chi connectivity index (χ4v) is 2.66. The van der Waals surface area contributed by atoms with Crippen molar-refractivity contribution in [1.82, 2.24) is 14.7 Å². The number of nitrogens with zero attached hydrogens (tertiary/aromatic N) is 3. The van der Waals surface area contributed by atoms with Crippen LogP contribution in [0, 0.1) is 11.6 Å². The molecule has 1 aromatic carbocycles. The topological polar surface area (TPSA) is 55.9 Å². The zero-order valence-corrected chi connectivity index (χ0v) is 14.6. The summed E-state index contributed by atoms with van der Waals surface area (Å²) in [6.45, 7) is 3.29. The van der Waals surface area contributed by atoms with Gasteiger partial charge in [0.05, 0.1) is 18.8 Å². The Balaban J connectivity index is 1.83. The number of amides is 2. The lowest BCUT2D eigenvalue weighted by Crippen LogP contribution is -2.39. The van der Waals surface area contributed by atoms with Gasteiger partial charge in [-0.3, -0.25) is 19.4 Å². The molecule has 0 bridgehead atoms. The first kappa shape index (κ1) is 19.3. The minimum absolute atomic E-state index is 0.0489. The number of benzene rings is 1. The summed E-state index contributed by atoms with van der Waals surface area (Å²) < 4.78 is 26.7. The Labute approximate surface area is 146 Å². The molecule has 138 valence electrons. The zero-order chi connectivity index (χ0) is 18.4. The van der Waals surface area contributed by atoms with Crippen molar-refractivity contribution in [3.63, 3.8) is 0 Å². The summed E-state index contributed by atoms with van der Waals surface area (Å²) in [5.74, 6) is -1.61. The number of hydrogen-bond acceptors (Lipinski definition) is 4. The molecule has 1 aliphatic rings. The van der Waals surface area contributed by atoms with Gasteiger partial charge in [-0.2, -0.15) is 0 Å². The first-order chi connectivity index (χ1) is 11.8. The number of anilines is 1. The van der Waals surface area contributed by atoms with E-state index in [1.807, 2.05) is 4.90 Å². The van der Waals surface area contributed by atoms with E-state index in [1.54, 1.807) is 19.0 Å². The lowest BCUT2D eigenvalue weighted by atomic mass is 10.3. The van der Waals surface area contributed by atoms with Crippen molar-refractivity contribution in [1.29, 1.82) is 0 Å². The number of likely N-dealkylation sites (N-methyl/N-ethyl adjacent to an activating group) is 1. The van der Waals surface area contributed by atoms with Crippen LogP contribution in [0.25, 0.3) is 0 Å². The van der Waals surface area contributed by atoms with Crippen molar-refractivity contribution >= 4 is 17.5 Å². The summed E-state index contributed by atoms with van der Waals surface area (Å²) >= 11 is 0. The molecule has 1 aliphatic heterocycles. The van der Waals surface area contributed by atoms with Gasteiger partial charge >= 0.3 is 0 Å². The largest absolute Gasteiger partial charge is 0.348 e. The molecule has 0 atom stereocenters.